The van der Waals surface area contributed by atoms with Crippen molar-refractivity contribution in [2.45, 2.75) is 26.2 Å². The first-order chi connectivity index (χ1) is 15.1. The number of esters is 1. The average Bonchev–Trinajstić information content (AvgIpc) is 3.18. The number of carbonyl (C=O) groups excluding carboxylic acids is 2. The van der Waals surface area contributed by atoms with E-state index in [4.69, 9.17) is 9.47 Å². The van der Waals surface area contributed by atoms with Crippen molar-refractivity contribution >= 4 is 17.6 Å². The SMILES string of the molecule is CCOC(=O)c1cc(-c2cccc(NC(=O)C3CCC3)c2)n(-c2ccccc2OC)n1. The predicted octanol–water partition coefficient (Wildman–Crippen LogP) is 4.46. The molecule has 2 aromatic carbocycles. The van der Waals surface area contributed by atoms with Crippen LogP contribution in [0.1, 0.15) is 36.7 Å². The summed E-state index contributed by atoms with van der Waals surface area (Å²) in [5.74, 6) is 0.274. The van der Waals surface area contributed by atoms with Crippen LogP contribution >= 0.6 is 0 Å². The summed E-state index contributed by atoms with van der Waals surface area (Å²) in [5, 5.41) is 7.50. The Balaban J connectivity index is 1.75. The summed E-state index contributed by atoms with van der Waals surface area (Å²) in [6.45, 7) is 2.02. The number of hydrogen-bond donors (Lipinski definition) is 1. The second-order valence-electron chi connectivity index (χ2n) is 7.42. The molecule has 1 aliphatic carbocycles. The van der Waals surface area contributed by atoms with Gasteiger partial charge >= 0.3 is 5.97 Å². The molecule has 7 heteroatoms. The number of ether oxygens (including phenoxy) is 2. The molecule has 0 radical (unpaired) electrons. The number of carbonyl (C=O) groups is 2. The molecule has 0 saturated heterocycles. The van der Waals surface area contributed by atoms with E-state index in [1.807, 2.05) is 48.5 Å². The molecule has 0 spiro atoms. The maximum Gasteiger partial charge on any atom is 0.358 e. The second kappa shape index (κ2) is 9.04. The standard InChI is InChI=1S/C24H25N3O4/c1-3-31-24(29)19-15-21(27(26-19)20-12-4-5-13-22(20)30-2)17-10-7-11-18(14-17)25-23(28)16-8-6-9-16/h4-5,7,10-16H,3,6,8-9H2,1-2H3,(H,25,28). The van der Waals surface area contributed by atoms with E-state index in [1.165, 1.54) is 0 Å². The third-order valence-electron chi connectivity index (χ3n) is 5.41. The largest absolute Gasteiger partial charge is 0.494 e. The van der Waals surface area contributed by atoms with Crippen molar-refractivity contribution in [3.8, 4) is 22.7 Å². The molecular weight excluding hydrogens is 394 g/mol. The van der Waals surface area contributed by atoms with Crippen LogP contribution in [-0.4, -0.2) is 35.4 Å². The highest BCUT2D eigenvalue weighted by Gasteiger charge is 2.25. The zero-order valence-corrected chi connectivity index (χ0v) is 17.6. The fourth-order valence-corrected chi connectivity index (χ4v) is 3.55. The first kappa shape index (κ1) is 20.7. The number of nitrogens with one attached hydrogen (secondary N) is 1. The Hall–Kier alpha value is -3.61. The number of hydrogen-bond acceptors (Lipinski definition) is 5. The molecule has 7 nitrogen and oxygen atoms in total. The highest BCUT2D eigenvalue weighted by Crippen LogP contribution is 2.32. The predicted molar refractivity (Wildman–Crippen MR) is 117 cm³/mol. The van der Waals surface area contributed by atoms with Gasteiger partial charge in [-0.15, -0.1) is 0 Å². The average molecular weight is 419 g/mol. The smallest absolute Gasteiger partial charge is 0.358 e. The topological polar surface area (TPSA) is 82.5 Å². The van der Waals surface area contributed by atoms with Crippen LogP contribution in [0.4, 0.5) is 5.69 Å². The number of para-hydroxylation sites is 2. The van der Waals surface area contributed by atoms with Gasteiger partial charge in [-0.2, -0.15) is 5.10 Å². The Morgan fingerprint density at radius 1 is 1.13 bits per heavy atom. The minimum absolute atomic E-state index is 0.0499. The lowest BCUT2D eigenvalue weighted by atomic mass is 9.85. The number of nitrogens with zero attached hydrogens (tertiary/aromatic N) is 2. The summed E-state index contributed by atoms with van der Waals surface area (Å²) in [5.41, 5.74) is 3.10. The van der Waals surface area contributed by atoms with Gasteiger partial charge in [0.25, 0.3) is 0 Å². The molecule has 3 aromatic rings. The maximum absolute atomic E-state index is 12.4. The van der Waals surface area contributed by atoms with E-state index in [2.05, 4.69) is 10.4 Å². The Morgan fingerprint density at radius 2 is 1.94 bits per heavy atom. The van der Waals surface area contributed by atoms with E-state index in [9.17, 15) is 9.59 Å². The van der Waals surface area contributed by atoms with Gasteiger partial charge in [-0.3, -0.25) is 4.79 Å². The summed E-state index contributed by atoms with van der Waals surface area (Å²) in [6, 6.07) is 16.7. The maximum atomic E-state index is 12.4. The zero-order chi connectivity index (χ0) is 21.8. The van der Waals surface area contributed by atoms with Crippen LogP contribution in [0.3, 0.4) is 0 Å². The molecule has 0 aliphatic heterocycles. The fraction of sp³-hybridized carbons (Fsp3) is 0.292. The monoisotopic (exact) mass is 419 g/mol. The van der Waals surface area contributed by atoms with Gasteiger partial charge in [0.05, 0.1) is 19.4 Å². The Bertz CT molecular complexity index is 1100. The molecule has 0 unspecified atom stereocenters. The Morgan fingerprint density at radius 3 is 2.65 bits per heavy atom. The summed E-state index contributed by atoms with van der Waals surface area (Å²) < 4.78 is 12.3. The van der Waals surface area contributed by atoms with Crippen molar-refractivity contribution in [1.82, 2.24) is 9.78 Å². The number of anilines is 1. The second-order valence-corrected chi connectivity index (χ2v) is 7.42. The van der Waals surface area contributed by atoms with E-state index >= 15 is 0 Å². The van der Waals surface area contributed by atoms with Crippen molar-refractivity contribution in [1.29, 1.82) is 0 Å². The van der Waals surface area contributed by atoms with E-state index in [-0.39, 0.29) is 24.1 Å². The highest BCUT2D eigenvalue weighted by atomic mass is 16.5. The van der Waals surface area contributed by atoms with Gasteiger partial charge in [-0.25, -0.2) is 9.48 Å². The molecule has 1 amide bonds. The summed E-state index contributed by atoms with van der Waals surface area (Å²) in [7, 11) is 1.59. The molecule has 0 bridgehead atoms. The molecule has 1 aromatic heterocycles. The molecule has 1 aliphatic rings. The lowest BCUT2D eigenvalue weighted by Gasteiger charge is -2.24. The fourth-order valence-electron chi connectivity index (χ4n) is 3.55. The Kier molecular flexibility index (Phi) is 6.02. The normalized spacial score (nSPS) is 13.4. The quantitative estimate of drug-likeness (QED) is 0.572. The molecule has 1 fully saturated rings. The number of methoxy groups -OCH3 is 1. The lowest BCUT2D eigenvalue weighted by Crippen LogP contribution is -2.27. The number of aromatic nitrogens is 2. The van der Waals surface area contributed by atoms with Gasteiger partial charge < -0.3 is 14.8 Å². The van der Waals surface area contributed by atoms with Crippen molar-refractivity contribution in [3.05, 3.63) is 60.3 Å². The van der Waals surface area contributed by atoms with Crippen LogP contribution in [0.2, 0.25) is 0 Å². The van der Waals surface area contributed by atoms with E-state index in [0.29, 0.717) is 22.8 Å². The van der Waals surface area contributed by atoms with Gasteiger partial charge in [0.15, 0.2) is 5.69 Å². The number of rotatable bonds is 7. The van der Waals surface area contributed by atoms with Crippen LogP contribution < -0.4 is 10.1 Å². The third-order valence-corrected chi connectivity index (χ3v) is 5.41. The molecule has 31 heavy (non-hydrogen) atoms. The van der Waals surface area contributed by atoms with Crippen LogP contribution in [0.15, 0.2) is 54.6 Å². The van der Waals surface area contributed by atoms with Gasteiger partial charge in [0.1, 0.15) is 11.4 Å². The van der Waals surface area contributed by atoms with E-state index < -0.39 is 5.97 Å². The van der Waals surface area contributed by atoms with Crippen LogP contribution in [0.5, 0.6) is 5.75 Å². The van der Waals surface area contributed by atoms with Gasteiger partial charge in [0.2, 0.25) is 5.91 Å². The zero-order valence-electron chi connectivity index (χ0n) is 17.6. The van der Waals surface area contributed by atoms with Crippen molar-refractivity contribution in [2.75, 3.05) is 19.0 Å². The van der Waals surface area contributed by atoms with Crippen molar-refractivity contribution in [3.63, 3.8) is 0 Å². The Labute approximate surface area is 181 Å². The molecule has 1 saturated carbocycles. The molecule has 4 rings (SSSR count). The minimum atomic E-state index is -0.494. The number of benzene rings is 2. The van der Waals surface area contributed by atoms with Crippen LogP contribution in [0, 0.1) is 5.92 Å². The molecule has 1 heterocycles. The molecule has 0 atom stereocenters. The van der Waals surface area contributed by atoms with Crippen LogP contribution in [-0.2, 0) is 9.53 Å². The summed E-state index contributed by atoms with van der Waals surface area (Å²) in [6.07, 6.45) is 2.98. The lowest BCUT2D eigenvalue weighted by molar-refractivity contribution is -0.122. The molecular formula is C24H25N3O4. The minimum Gasteiger partial charge on any atom is -0.494 e. The van der Waals surface area contributed by atoms with Crippen molar-refractivity contribution in [2.24, 2.45) is 5.92 Å². The first-order valence-electron chi connectivity index (χ1n) is 10.4. The van der Waals surface area contributed by atoms with Gasteiger partial charge in [-0.1, -0.05) is 30.7 Å². The summed E-state index contributed by atoms with van der Waals surface area (Å²) >= 11 is 0. The molecule has 1 N–H and O–H groups in total. The first-order valence-corrected chi connectivity index (χ1v) is 10.4. The van der Waals surface area contributed by atoms with Gasteiger partial charge in [-0.05, 0) is 50.1 Å². The third kappa shape index (κ3) is 4.30. The van der Waals surface area contributed by atoms with Crippen LogP contribution in [0.25, 0.3) is 16.9 Å². The summed E-state index contributed by atoms with van der Waals surface area (Å²) in [4.78, 5) is 24.7. The van der Waals surface area contributed by atoms with E-state index in [0.717, 1.165) is 24.8 Å². The number of amides is 1. The molecule has 160 valence electrons. The van der Waals surface area contributed by atoms with Gasteiger partial charge in [0, 0.05) is 17.2 Å². The van der Waals surface area contributed by atoms with Crippen molar-refractivity contribution < 1.29 is 19.1 Å². The highest BCUT2D eigenvalue weighted by molar-refractivity contribution is 5.94. The van der Waals surface area contributed by atoms with E-state index in [1.54, 1.807) is 24.8 Å².